The van der Waals surface area contributed by atoms with Crippen LogP contribution >= 0.6 is 0 Å². The molecule has 62 heavy (non-hydrogen) atoms. The third-order valence-corrected chi connectivity index (χ3v) is 26.8. The van der Waals surface area contributed by atoms with E-state index < -0.39 is 0 Å². The number of carbonyl (C=O) groups excluding carboxylic acids is 1. The Morgan fingerprint density at radius 1 is 0.532 bits per heavy atom. The van der Waals surface area contributed by atoms with Gasteiger partial charge in [-0.3, -0.25) is 4.79 Å². The van der Waals surface area contributed by atoms with Crippen molar-refractivity contribution in [1.29, 1.82) is 0 Å². The Morgan fingerprint density at radius 3 is 1.61 bits per heavy atom. The molecular formula is C60H98O2. The quantitative estimate of drug-likeness (QED) is 0.267. The summed E-state index contributed by atoms with van der Waals surface area (Å²) in [6.07, 6.45) is 26.1. The van der Waals surface area contributed by atoms with Gasteiger partial charge in [0.15, 0.2) is 0 Å². The number of aliphatic hydroxyl groups is 1. The maximum atomic E-state index is 12.9. The van der Waals surface area contributed by atoms with Crippen molar-refractivity contribution >= 4 is 5.78 Å². The van der Waals surface area contributed by atoms with E-state index in [0.29, 0.717) is 66.9 Å². The summed E-state index contributed by atoms with van der Waals surface area (Å²) >= 11 is 0. The average Bonchev–Trinajstić information content (AvgIpc) is 3.55. The van der Waals surface area contributed by atoms with Gasteiger partial charge < -0.3 is 5.11 Å². The molecule has 10 aliphatic carbocycles. The fourth-order valence-corrected chi connectivity index (χ4v) is 22.7. The fourth-order valence-electron chi connectivity index (χ4n) is 22.7. The van der Waals surface area contributed by atoms with E-state index in [0.717, 1.165) is 60.7 Å². The molecule has 10 fully saturated rings. The monoisotopic (exact) mass is 851 g/mol. The molecule has 10 aliphatic rings. The van der Waals surface area contributed by atoms with Crippen LogP contribution in [0, 0.1) is 113 Å². The molecule has 0 aromatic carbocycles. The number of aliphatic hydroxyl groups excluding tert-OH is 1. The van der Waals surface area contributed by atoms with Gasteiger partial charge in [-0.1, -0.05) is 114 Å². The molecule has 0 spiro atoms. The van der Waals surface area contributed by atoms with Crippen LogP contribution in [0.25, 0.3) is 0 Å². The molecule has 1 N–H and O–H groups in total. The third kappa shape index (κ3) is 5.83. The smallest absolute Gasteiger partial charge is 0.138 e. The largest absolute Gasteiger partial charge is 0.393 e. The van der Waals surface area contributed by atoms with E-state index in [2.05, 4.69) is 110 Å². The van der Waals surface area contributed by atoms with Crippen molar-refractivity contribution in [3.63, 3.8) is 0 Å². The summed E-state index contributed by atoms with van der Waals surface area (Å²) in [7, 11) is 0. The molecule has 0 unspecified atom stereocenters. The summed E-state index contributed by atoms with van der Waals surface area (Å²) in [5.41, 5.74) is 6.49. The number of hydrogen-bond acceptors (Lipinski definition) is 2. The Kier molecular flexibility index (Phi) is 10.7. The Bertz CT molecular complexity index is 1840. The van der Waals surface area contributed by atoms with Gasteiger partial charge in [0, 0.05) is 11.8 Å². The van der Waals surface area contributed by atoms with E-state index in [4.69, 9.17) is 0 Å². The van der Waals surface area contributed by atoms with Crippen LogP contribution in [0.5, 0.6) is 0 Å². The molecule has 0 saturated heterocycles. The minimum absolute atomic E-state index is 0.0623. The third-order valence-electron chi connectivity index (χ3n) is 26.8. The van der Waals surface area contributed by atoms with E-state index in [1.54, 1.807) is 0 Å². The van der Waals surface area contributed by atoms with Gasteiger partial charge in [0.05, 0.1) is 6.10 Å². The number of allylic oxidation sites excluding steroid dienone is 2. The van der Waals surface area contributed by atoms with Crippen LogP contribution < -0.4 is 0 Å². The molecule has 2 heteroatoms. The Morgan fingerprint density at radius 2 is 1.05 bits per heavy atom. The zero-order valence-corrected chi connectivity index (χ0v) is 43.3. The fraction of sp³-hybridized carbons (Fsp3) is 0.917. The number of fused-ring (bicyclic) bond motifs is 14. The summed E-state index contributed by atoms with van der Waals surface area (Å²) in [5.74, 6) is 8.20. The molecule has 10 saturated carbocycles. The molecule has 10 rings (SSSR count). The first-order chi connectivity index (χ1) is 28.6. The van der Waals surface area contributed by atoms with Gasteiger partial charge in [-0.05, 0) is 237 Å². The molecule has 19 atom stereocenters. The lowest BCUT2D eigenvalue weighted by molar-refractivity contribution is -0.251. The van der Waals surface area contributed by atoms with Crippen molar-refractivity contribution in [1.82, 2.24) is 0 Å². The number of ketones is 1. The van der Waals surface area contributed by atoms with Crippen molar-refractivity contribution < 1.29 is 9.90 Å². The molecular weight excluding hydrogens is 753 g/mol. The van der Waals surface area contributed by atoms with E-state index >= 15 is 0 Å². The highest BCUT2D eigenvalue weighted by molar-refractivity contribution is 5.85. The minimum Gasteiger partial charge on any atom is -0.393 e. The number of Topliss-reactive ketones (excluding diaryl/α,β-unsaturated/α-hetero) is 1. The van der Waals surface area contributed by atoms with Gasteiger partial charge in [-0.25, -0.2) is 0 Å². The van der Waals surface area contributed by atoms with E-state index in [1.807, 2.05) is 0 Å². The Labute approximate surface area is 383 Å². The van der Waals surface area contributed by atoms with Crippen LogP contribution in [0.4, 0.5) is 0 Å². The predicted molar refractivity (Wildman–Crippen MR) is 260 cm³/mol. The van der Waals surface area contributed by atoms with Crippen LogP contribution in [0.15, 0.2) is 24.3 Å². The highest BCUT2D eigenvalue weighted by Crippen LogP contribution is 2.79. The van der Waals surface area contributed by atoms with Crippen molar-refractivity contribution in [2.45, 2.75) is 231 Å². The average molecular weight is 851 g/mol. The molecule has 2 nitrogen and oxygen atoms in total. The Balaban J connectivity index is 0.000000158. The van der Waals surface area contributed by atoms with Crippen molar-refractivity contribution in [2.24, 2.45) is 113 Å². The minimum atomic E-state index is -0.131. The van der Waals surface area contributed by atoms with Crippen molar-refractivity contribution in [3.05, 3.63) is 24.3 Å². The first-order valence-electron chi connectivity index (χ1n) is 27.2. The predicted octanol–water partition coefficient (Wildman–Crippen LogP) is 16.3. The zero-order valence-electron chi connectivity index (χ0n) is 43.3. The summed E-state index contributed by atoms with van der Waals surface area (Å²) in [6, 6.07) is 0. The van der Waals surface area contributed by atoms with Gasteiger partial charge in [-0.2, -0.15) is 0 Å². The number of rotatable bonds is 1. The summed E-state index contributed by atoms with van der Waals surface area (Å²) in [5, 5.41) is 10.9. The maximum absolute atomic E-state index is 12.9. The van der Waals surface area contributed by atoms with E-state index in [9.17, 15) is 9.90 Å². The Hall–Kier alpha value is -0.890. The highest BCUT2D eigenvalue weighted by Gasteiger charge is 2.72. The summed E-state index contributed by atoms with van der Waals surface area (Å²) in [6.45, 7) is 44.6. The SMILES string of the molecule is C=C(C)[C@@H]1CC[C@]2(C)CC[C@]3(C)[C@H](CC[C@@H]4[C@@]5(C)CCC(=O)C(C)(C)[C@@H]5CC[C@]43C)[C@@H]12.C=C1CC[C@]2(C)CC[C@]3(C)[C@H](CC[C@@H]4[C@@]5(C)CC[C@H](O)C(C)(C)[C@@H]5CC[C@]43C)[C@H]2[C@@H]1C. The molecule has 0 heterocycles. The molecule has 0 amide bonds. The zero-order chi connectivity index (χ0) is 45.2. The van der Waals surface area contributed by atoms with Gasteiger partial charge in [0.25, 0.3) is 0 Å². The van der Waals surface area contributed by atoms with Crippen LogP contribution in [0.2, 0.25) is 0 Å². The normalized spacial score (nSPS) is 57.0. The second-order valence-electron chi connectivity index (χ2n) is 29.2. The summed E-state index contributed by atoms with van der Waals surface area (Å²) in [4.78, 5) is 12.9. The second kappa shape index (κ2) is 14.3. The molecule has 350 valence electrons. The molecule has 0 bridgehead atoms. The lowest BCUT2D eigenvalue weighted by Crippen LogP contribution is -2.67. The standard InChI is InChI=1S/C30H50O.C30H48O/c1-19-11-14-27(5)17-18-29(7)21(25(27)20(19)2)9-10-23-28(6)15-13-24(31)26(3,4)22(28)12-16-30(23,29)8;1-19(2)20-11-14-27(5)17-18-29(7)21(25(20)27)9-10-23-28(6)15-13-24(31)26(3,4)22(28)12-16-30(23,29)8/h20-25,31H,1,9-18H2,2-8H3;20-23,25H,1,9-18H2,2-8H3/t20-,21-,22+,23-,24+,25-,27-,28+,29-,30-;20-,21+,22-,23+,25+,27+,28-,29+,30+/m10/s1. The molecule has 0 radical (unpaired) electrons. The lowest BCUT2D eigenvalue weighted by Gasteiger charge is -2.73. The van der Waals surface area contributed by atoms with Crippen LogP contribution in [0.1, 0.15) is 225 Å². The lowest BCUT2D eigenvalue weighted by atomic mass is 9.31. The number of hydrogen-bond donors (Lipinski definition) is 1. The van der Waals surface area contributed by atoms with Crippen molar-refractivity contribution in [3.8, 4) is 0 Å². The molecule has 0 aliphatic heterocycles. The topological polar surface area (TPSA) is 37.3 Å². The van der Waals surface area contributed by atoms with E-state index in [-0.39, 0.29) is 16.9 Å². The van der Waals surface area contributed by atoms with Crippen LogP contribution in [0.3, 0.4) is 0 Å². The van der Waals surface area contributed by atoms with Gasteiger partial charge in [-0.15, -0.1) is 0 Å². The molecule has 0 aromatic rings. The van der Waals surface area contributed by atoms with Crippen LogP contribution in [-0.4, -0.2) is 17.0 Å². The highest BCUT2D eigenvalue weighted by atomic mass is 16.3. The van der Waals surface area contributed by atoms with Gasteiger partial charge >= 0.3 is 0 Å². The summed E-state index contributed by atoms with van der Waals surface area (Å²) < 4.78 is 0. The van der Waals surface area contributed by atoms with E-state index in [1.165, 1.54) is 120 Å². The van der Waals surface area contributed by atoms with Crippen molar-refractivity contribution in [2.75, 3.05) is 0 Å². The number of carbonyl (C=O) groups is 1. The maximum Gasteiger partial charge on any atom is 0.138 e. The first kappa shape index (κ1) is 46.2. The second-order valence-corrected chi connectivity index (χ2v) is 29.2. The van der Waals surface area contributed by atoms with Gasteiger partial charge in [0.1, 0.15) is 5.78 Å². The molecule has 0 aromatic heterocycles. The van der Waals surface area contributed by atoms with Gasteiger partial charge in [0.2, 0.25) is 0 Å². The van der Waals surface area contributed by atoms with Crippen LogP contribution in [-0.2, 0) is 4.79 Å². The first-order valence-corrected chi connectivity index (χ1v) is 27.2.